The van der Waals surface area contributed by atoms with Gasteiger partial charge in [0.1, 0.15) is 5.75 Å². The van der Waals surface area contributed by atoms with Crippen LogP contribution in [0.3, 0.4) is 0 Å². The Kier molecular flexibility index (Phi) is 7.10. The Morgan fingerprint density at radius 3 is 2.33 bits per heavy atom. The molecule has 0 fully saturated rings. The summed E-state index contributed by atoms with van der Waals surface area (Å²) < 4.78 is 29.7. The number of nitrogens with one attached hydrogen (secondary N) is 3. The SMILES string of the molecule is CCC(NC(=O)Nc1cccc(NC(C)=O)c1)c1ccccc1OC(F)F. The van der Waals surface area contributed by atoms with Crippen LogP contribution in [0.15, 0.2) is 48.5 Å². The Morgan fingerprint density at radius 1 is 1.04 bits per heavy atom. The van der Waals surface area contributed by atoms with Crippen LogP contribution in [0.5, 0.6) is 5.75 Å². The van der Waals surface area contributed by atoms with E-state index in [9.17, 15) is 18.4 Å². The topological polar surface area (TPSA) is 79.5 Å². The van der Waals surface area contributed by atoms with E-state index in [-0.39, 0.29) is 11.7 Å². The molecule has 0 saturated heterocycles. The number of amides is 3. The first-order valence-electron chi connectivity index (χ1n) is 8.38. The zero-order valence-corrected chi connectivity index (χ0v) is 15.0. The van der Waals surface area contributed by atoms with E-state index in [1.54, 1.807) is 42.5 Å². The van der Waals surface area contributed by atoms with Crippen LogP contribution in [0.1, 0.15) is 31.9 Å². The van der Waals surface area contributed by atoms with Crippen LogP contribution < -0.4 is 20.7 Å². The van der Waals surface area contributed by atoms with E-state index in [1.165, 1.54) is 13.0 Å². The number of benzene rings is 2. The van der Waals surface area contributed by atoms with Gasteiger partial charge in [0.15, 0.2) is 0 Å². The van der Waals surface area contributed by atoms with Crippen molar-refractivity contribution in [2.45, 2.75) is 32.9 Å². The maximum Gasteiger partial charge on any atom is 0.387 e. The van der Waals surface area contributed by atoms with Crippen LogP contribution >= 0.6 is 0 Å². The number of carbonyl (C=O) groups is 2. The first-order valence-corrected chi connectivity index (χ1v) is 8.38. The third-order valence-corrected chi connectivity index (χ3v) is 3.66. The molecule has 0 aromatic heterocycles. The first kappa shape index (κ1) is 20.2. The van der Waals surface area contributed by atoms with Gasteiger partial charge in [-0.15, -0.1) is 0 Å². The second-order valence-electron chi connectivity index (χ2n) is 5.74. The molecule has 0 radical (unpaired) electrons. The molecule has 27 heavy (non-hydrogen) atoms. The molecule has 2 rings (SSSR count). The van der Waals surface area contributed by atoms with Crippen LogP contribution in [0, 0.1) is 0 Å². The maximum absolute atomic E-state index is 12.6. The van der Waals surface area contributed by atoms with E-state index < -0.39 is 18.7 Å². The molecule has 0 bridgehead atoms. The quantitative estimate of drug-likeness (QED) is 0.664. The van der Waals surface area contributed by atoms with Gasteiger partial charge in [0.2, 0.25) is 5.91 Å². The van der Waals surface area contributed by atoms with Gasteiger partial charge in [-0.25, -0.2) is 4.79 Å². The molecule has 0 spiro atoms. The van der Waals surface area contributed by atoms with E-state index in [0.717, 1.165) is 0 Å². The van der Waals surface area contributed by atoms with Crippen molar-refractivity contribution in [2.24, 2.45) is 0 Å². The number of alkyl halides is 2. The van der Waals surface area contributed by atoms with Crippen molar-refractivity contribution in [3.63, 3.8) is 0 Å². The Balaban J connectivity index is 2.09. The standard InChI is InChI=1S/C19H21F2N3O3/c1-3-16(15-9-4-5-10-17(15)27-18(20)21)24-19(26)23-14-8-6-7-13(11-14)22-12(2)25/h4-11,16,18H,3H2,1-2H3,(H,22,25)(H2,23,24,26). The molecule has 144 valence electrons. The van der Waals surface area contributed by atoms with Crippen LogP contribution in [-0.2, 0) is 4.79 Å². The summed E-state index contributed by atoms with van der Waals surface area (Å²) in [7, 11) is 0. The van der Waals surface area contributed by atoms with Gasteiger partial charge < -0.3 is 20.7 Å². The Morgan fingerprint density at radius 2 is 1.70 bits per heavy atom. The van der Waals surface area contributed by atoms with Gasteiger partial charge in [0, 0.05) is 23.9 Å². The van der Waals surface area contributed by atoms with Crippen molar-refractivity contribution >= 4 is 23.3 Å². The van der Waals surface area contributed by atoms with Crippen molar-refractivity contribution in [2.75, 3.05) is 10.6 Å². The lowest BCUT2D eigenvalue weighted by Gasteiger charge is -2.21. The van der Waals surface area contributed by atoms with Crippen molar-refractivity contribution in [1.29, 1.82) is 0 Å². The molecule has 2 aromatic carbocycles. The van der Waals surface area contributed by atoms with E-state index in [2.05, 4.69) is 20.7 Å². The number of carbonyl (C=O) groups excluding carboxylic acids is 2. The molecule has 0 heterocycles. The molecule has 2 aromatic rings. The second kappa shape index (κ2) is 9.51. The molecule has 0 aliphatic carbocycles. The summed E-state index contributed by atoms with van der Waals surface area (Å²) >= 11 is 0. The number of anilines is 2. The number of hydrogen-bond acceptors (Lipinski definition) is 3. The highest BCUT2D eigenvalue weighted by molar-refractivity contribution is 5.92. The lowest BCUT2D eigenvalue weighted by Crippen LogP contribution is -2.32. The third kappa shape index (κ3) is 6.25. The van der Waals surface area contributed by atoms with E-state index in [0.29, 0.717) is 23.4 Å². The predicted octanol–water partition coefficient (Wildman–Crippen LogP) is 4.52. The molecule has 3 N–H and O–H groups in total. The molecule has 0 saturated carbocycles. The highest BCUT2D eigenvalue weighted by atomic mass is 19.3. The van der Waals surface area contributed by atoms with Crippen molar-refractivity contribution in [1.82, 2.24) is 5.32 Å². The number of ether oxygens (including phenoxy) is 1. The molecule has 0 aliphatic rings. The van der Waals surface area contributed by atoms with Crippen molar-refractivity contribution in [3.8, 4) is 5.75 Å². The summed E-state index contributed by atoms with van der Waals surface area (Å²) in [5.41, 5.74) is 1.48. The van der Waals surface area contributed by atoms with Gasteiger partial charge in [0.05, 0.1) is 6.04 Å². The Bertz CT molecular complexity index is 799. The van der Waals surface area contributed by atoms with Crippen molar-refractivity contribution in [3.05, 3.63) is 54.1 Å². The fourth-order valence-electron chi connectivity index (χ4n) is 2.57. The third-order valence-electron chi connectivity index (χ3n) is 3.66. The molecule has 1 unspecified atom stereocenters. The van der Waals surface area contributed by atoms with Gasteiger partial charge in [-0.2, -0.15) is 8.78 Å². The van der Waals surface area contributed by atoms with E-state index in [1.807, 2.05) is 6.92 Å². The zero-order chi connectivity index (χ0) is 19.8. The number of rotatable bonds is 7. The van der Waals surface area contributed by atoms with Crippen LogP contribution in [0.2, 0.25) is 0 Å². The van der Waals surface area contributed by atoms with Gasteiger partial charge in [-0.05, 0) is 30.7 Å². The summed E-state index contributed by atoms with van der Waals surface area (Å²) in [5, 5.41) is 8.03. The van der Waals surface area contributed by atoms with E-state index >= 15 is 0 Å². The lowest BCUT2D eigenvalue weighted by molar-refractivity contribution is -0.114. The summed E-state index contributed by atoms with van der Waals surface area (Å²) in [4.78, 5) is 23.4. The number of urea groups is 1. The lowest BCUT2D eigenvalue weighted by atomic mass is 10.0. The molecule has 3 amide bonds. The minimum absolute atomic E-state index is 0.0207. The fourth-order valence-corrected chi connectivity index (χ4v) is 2.57. The molecule has 0 aliphatic heterocycles. The molecule has 1 atom stereocenters. The first-order chi connectivity index (χ1) is 12.9. The van der Waals surface area contributed by atoms with E-state index in [4.69, 9.17) is 0 Å². The summed E-state index contributed by atoms with van der Waals surface area (Å²) in [6, 6.07) is 12.0. The zero-order valence-electron chi connectivity index (χ0n) is 15.0. The van der Waals surface area contributed by atoms with Gasteiger partial charge in [-0.3, -0.25) is 4.79 Å². The summed E-state index contributed by atoms with van der Waals surface area (Å²) in [5.74, 6) is -0.203. The minimum atomic E-state index is -2.95. The second-order valence-corrected chi connectivity index (χ2v) is 5.74. The average molecular weight is 377 g/mol. The smallest absolute Gasteiger partial charge is 0.387 e. The van der Waals surface area contributed by atoms with Crippen molar-refractivity contribution < 1.29 is 23.1 Å². The predicted molar refractivity (Wildman–Crippen MR) is 99.0 cm³/mol. The largest absolute Gasteiger partial charge is 0.434 e. The van der Waals surface area contributed by atoms with Crippen LogP contribution in [-0.4, -0.2) is 18.5 Å². The monoisotopic (exact) mass is 377 g/mol. The number of hydrogen-bond donors (Lipinski definition) is 3. The van der Waals surface area contributed by atoms with Gasteiger partial charge in [-0.1, -0.05) is 31.2 Å². The normalized spacial score (nSPS) is 11.6. The summed E-state index contributed by atoms with van der Waals surface area (Å²) in [6.07, 6.45) is 0.475. The number of para-hydroxylation sites is 1. The Hall–Kier alpha value is -3.16. The highest BCUT2D eigenvalue weighted by Gasteiger charge is 2.18. The Labute approximate surface area is 155 Å². The molecule has 8 heteroatoms. The summed E-state index contributed by atoms with van der Waals surface area (Å²) in [6.45, 7) is 0.257. The highest BCUT2D eigenvalue weighted by Crippen LogP contribution is 2.28. The fraction of sp³-hybridized carbons (Fsp3) is 0.263. The molecule has 6 nitrogen and oxygen atoms in total. The van der Waals surface area contributed by atoms with Gasteiger partial charge >= 0.3 is 12.6 Å². The maximum atomic E-state index is 12.6. The van der Waals surface area contributed by atoms with Crippen LogP contribution in [0.4, 0.5) is 25.0 Å². The molecular weight excluding hydrogens is 356 g/mol. The average Bonchev–Trinajstić information content (AvgIpc) is 2.59. The van der Waals surface area contributed by atoms with Crippen LogP contribution in [0.25, 0.3) is 0 Å². The molecular formula is C19H21F2N3O3. The minimum Gasteiger partial charge on any atom is -0.434 e. The van der Waals surface area contributed by atoms with Gasteiger partial charge in [0.25, 0.3) is 0 Å². The number of halogens is 2.